The molecule has 0 radical (unpaired) electrons. The summed E-state index contributed by atoms with van der Waals surface area (Å²) in [7, 11) is 0. The number of hydrogen-bond acceptors (Lipinski definition) is 3. The average Bonchev–Trinajstić information content (AvgIpc) is 2.14. The highest BCUT2D eigenvalue weighted by Gasteiger charge is 2.23. The molecule has 0 bridgehead atoms. The number of hydrogen-bond donors (Lipinski definition) is 1. The van der Waals surface area contributed by atoms with Crippen LogP contribution >= 0.6 is 0 Å². The summed E-state index contributed by atoms with van der Waals surface area (Å²) in [5.41, 5.74) is 0. The largest absolute Gasteiger partial charge is 0.297 e. The highest BCUT2D eigenvalue weighted by Crippen LogP contribution is 2.15. The molecule has 1 aliphatic carbocycles. The van der Waals surface area contributed by atoms with E-state index in [1.54, 1.807) is 0 Å². The molecule has 0 aromatic carbocycles. The van der Waals surface area contributed by atoms with Crippen molar-refractivity contribution >= 4 is 5.78 Å². The highest BCUT2D eigenvalue weighted by atomic mass is 16.6. The lowest BCUT2D eigenvalue weighted by Gasteiger charge is -2.00. The first-order valence-electron chi connectivity index (χ1n) is 2.73. The van der Waals surface area contributed by atoms with E-state index in [1.807, 2.05) is 0 Å². The number of carbonyl (C=O) groups is 1. The van der Waals surface area contributed by atoms with Crippen LogP contribution in [0.2, 0.25) is 0 Å². The van der Waals surface area contributed by atoms with E-state index >= 15 is 0 Å². The van der Waals surface area contributed by atoms with Gasteiger partial charge < -0.3 is 0 Å². The molecule has 0 spiro atoms. The Balaban J connectivity index is 2.42. The maximum atomic E-state index is 10.6. The minimum absolute atomic E-state index is 0.146. The Labute approximate surface area is 47.8 Å². The van der Waals surface area contributed by atoms with Crippen LogP contribution in [0.15, 0.2) is 0 Å². The summed E-state index contributed by atoms with van der Waals surface area (Å²) in [5, 5.41) is 0. The molecule has 1 fully saturated rings. The second kappa shape index (κ2) is 2.24. The minimum Gasteiger partial charge on any atom is -0.297 e. The van der Waals surface area contributed by atoms with Crippen LogP contribution in [-0.4, -0.2) is 11.9 Å². The van der Waals surface area contributed by atoms with E-state index in [9.17, 15) is 4.79 Å². The molecule has 3 nitrogen and oxygen atoms in total. The van der Waals surface area contributed by atoms with Gasteiger partial charge in [0.15, 0.2) is 5.78 Å². The summed E-state index contributed by atoms with van der Waals surface area (Å²) < 4.78 is 0. The molecule has 0 aromatic heterocycles. The second-order valence-electron chi connectivity index (χ2n) is 1.98. The molecule has 0 aliphatic heterocycles. The first-order valence-corrected chi connectivity index (χ1v) is 2.73. The maximum absolute atomic E-state index is 10.6. The van der Waals surface area contributed by atoms with Crippen molar-refractivity contribution in [2.45, 2.75) is 25.4 Å². The molecule has 0 aromatic rings. The average molecular weight is 115 g/mol. The molecule has 0 saturated heterocycles. The third-order valence-corrected chi connectivity index (χ3v) is 1.41. The first kappa shape index (κ1) is 5.72. The lowest BCUT2D eigenvalue weighted by atomic mass is 10.3. The first-order chi connectivity index (χ1) is 3.84. The van der Waals surface area contributed by atoms with E-state index in [1.165, 1.54) is 0 Å². The number of rotatable bonds is 1. The van der Waals surface area contributed by atoms with E-state index in [0.29, 0.717) is 6.42 Å². The molecule has 1 saturated carbocycles. The number of Topliss-reactive ketones (excluding diaryl/α,β-unsaturated/α-hetero) is 1. The third kappa shape index (κ3) is 0.877. The Kier molecular flexibility index (Phi) is 1.60. The Morgan fingerprint density at radius 3 is 2.75 bits per heavy atom. The monoisotopic (exact) mass is 115 g/mol. The fourth-order valence-corrected chi connectivity index (χ4v) is 0.928. The highest BCUT2D eigenvalue weighted by molar-refractivity contribution is 5.84. The summed E-state index contributed by atoms with van der Waals surface area (Å²) >= 11 is 0. The quantitative estimate of drug-likeness (QED) is 0.489. The van der Waals surface area contributed by atoms with Crippen LogP contribution in [0, 0.1) is 0 Å². The molecule has 0 amide bonds. The normalized spacial score (nSPS) is 29.1. The van der Waals surface area contributed by atoms with Crippen LogP contribution in [0.1, 0.15) is 19.3 Å². The fourth-order valence-electron chi connectivity index (χ4n) is 0.928. The lowest BCUT2D eigenvalue weighted by Crippen LogP contribution is -2.20. The van der Waals surface area contributed by atoms with Gasteiger partial charge in [-0.05, 0) is 12.8 Å². The summed E-state index contributed by atoms with van der Waals surface area (Å²) in [6.45, 7) is 0. The molecular weight excluding hydrogens is 106 g/mol. The summed E-state index contributed by atoms with van der Waals surface area (Å²) in [5.74, 6) is 4.95. The molecule has 1 rings (SSSR count). The molecule has 46 valence electrons. The van der Waals surface area contributed by atoms with Crippen molar-refractivity contribution < 1.29 is 9.63 Å². The Morgan fingerprint density at radius 2 is 2.50 bits per heavy atom. The summed E-state index contributed by atoms with van der Waals surface area (Å²) in [6.07, 6.45) is 2.08. The van der Waals surface area contributed by atoms with Crippen molar-refractivity contribution in [2.75, 3.05) is 0 Å². The predicted molar refractivity (Wildman–Crippen MR) is 27.9 cm³/mol. The topological polar surface area (TPSA) is 52.3 Å². The molecule has 2 N–H and O–H groups in total. The lowest BCUT2D eigenvalue weighted by molar-refractivity contribution is -0.127. The fraction of sp³-hybridized carbons (Fsp3) is 0.800. The molecule has 1 atom stereocenters. The predicted octanol–water partition coefficient (Wildman–Crippen LogP) is -0.00170. The van der Waals surface area contributed by atoms with Crippen LogP contribution in [0.25, 0.3) is 0 Å². The molecule has 8 heavy (non-hydrogen) atoms. The van der Waals surface area contributed by atoms with Crippen molar-refractivity contribution in [3.05, 3.63) is 0 Å². The molecular formula is C5H9NO2. The molecule has 1 unspecified atom stereocenters. The third-order valence-electron chi connectivity index (χ3n) is 1.41. The van der Waals surface area contributed by atoms with E-state index in [4.69, 9.17) is 5.90 Å². The zero-order valence-corrected chi connectivity index (χ0v) is 4.59. The van der Waals surface area contributed by atoms with E-state index in [2.05, 4.69) is 4.84 Å². The Bertz CT molecular complexity index is 103. The van der Waals surface area contributed by atoms with Crippen LogP contribution < -0.4 is 5.90 Å². The van der Waals surface area contributed by atoms with Crippen molar-refractivity contribution in [1.29, 1.82) is 0 Å². The van der Waals surface area contributed by atoms with Crippen LogP contribution in [-0.2, 0) is 9.63 Å². The zero-order valence-electron chi connectivity index (χ0n) is 4.59. The maximum Gasteiger partial charge on any atom is 0.163 e. The van der Waals surface area contributed by atoms with Crippen molar-refractivity contribution in [2.24, 2.45) is 5.90 Å². The van der Waals surface area contributed by atoms with E-state index < -0.39 is 0 Å². The van der Waals surface area contributed by atoms with Crippen LogP contribution in [0.3, 0.4) is 0 Å². The van der Waals surface area contributed by atoms with Gasteiger partial charge in [0.05, 0.1) is 0 Å². The standard InChI is InChI=1S/C5H9NO2/c6-8-5-3-1-2-4(5)7/h5H,1-3,6H2. The van der Waals surface area contributed by atoms with Gasteiger partial charge in [0, 0.05) is 6.42 Å². The Hall–Kier alpha value is -0.410. The molecule has 0 heterocycles. The number of nitrogens with two attached hydrogens (primary N) is 1. The van der Waals surface area contributed by atoms with Gasteiger partial charge in [0.1, 0.15) is 6.10 Å². The van der Waals surface area contributed by atoms with Gasteiger partial charge in [0.25, 0.3) is 0 Å². The van der Waals surface area contributed by atoms with Gasteiger partial charge in [-0.25, -0.2) is 5.90 Å². The second-order valence-corrected chi connectivity index (χ2v) is 1.98. The smallest absolute Gasteiger partial charge is 0.163 e. The van der Waals surface area contributed by atoms with Crippen molar-refractivity contribution in [3.8, 4) is 0 Å². The Morgan fingerprint density at radius 1 is 1.75 bits per heavy atom. The summed E-state index contributed by atoms with van der Waals surface area (Å²) in [6, 6.07) is 0. The van der Waals surface area contributed by atoms with Crippen LogP contribution in [0.4, 0.5) is 0 Å². The van der Waals surface area contributed by atoms with Gasteiger partial charge >= 0.3 is 0 Å². The van der Waals surface area contributed by atoms with E-state index in [0.717, 1.165) is 12.8 Å². The van der Waals surface area contributed by atoms with Gasteiger partial charge in [-0.1, -0.05) is 0 Å². The van der Waals surface area contributed by atoms with Gasteiger partial charge in [-0.3, -0.25) is 9.63 Å². The number of carbonyl (C=O) groups excluding carboxylic acids is 1. The van der Waals surface area contributed by atoms with E-state index in [-0.39, 0.29) is 11.9 Å². The summed E-state index contributed by atoms with van der Waals surface area (Å²) in [4.78, 5) is 15.0. The van der Waals surface area contributed by atoms with Gasteiger partial charge in [-0.2, -0.15) is 0 Å². The van der Waals surface area contributed by atoms with Crippen molar-refractivity contribution in [3.63, 3.8) is 0 Å². The molecule has 3 heteroatoms. The van der Waals surface area contributed by atoms with Crippen LogP contribution in [0.5, 0.6) is 0 Å². The van der Waals surface area contributed by atoms with Crippen molar-refractivity contribution in [1.82, 2.24) is 0 Å². The SMILES string of the molecule is NOC1CCCC1=O. The minimum atomic E-state index is -0.296. The van der Waals surface area contributed by atoms with Gasteiger partial charge in [-0.15, -0.1) is 0 Å². The zero-order chi connectivity index (χ0) is 5.98. The number of ketones is 1. The van der Waals surface area contributed by atoms with Gasteiger partial charge in [0.2, 0.25) is 0 Å². The molecule has 1 aliphatic rings.